The minimum Gasteiger partial charge on any atom is -0.494 e. The topological polar surface area (TPSA) is 60.2 Å². The molecule has 0 spiro atoms. The molecule has 0 aliphatic heterocycles. The molecule has 0 aliphatic rings. The number of nitrogens with zero attached hydrogens (tertiary/aromatic N) is 1. The number of nitrogens with one attached hydrogen (secondary N) is 1. The maximum absolute atomic E-state index is 13.5. The van der Waals surface area contributed by atoms with E-state index in [-0.39, 0.29) is 11.6 Å². The zero-order valence-electron chi connectivity index (χ0n) is 9.88. The number of rotatable bonds is 3. The first kappa shape index (κ1) is 13.0. The van der Waals surface area contributed by atoms with Gasteiger partial charge >= 0.3 is 0 Å². The van der Waals surface area contributed by atoms with Gasteiger partial charge in [-0.2, -0.15) is 0 Å². The van der Waals surface area contributed by atoms with Gasteiger partial charge in [0.2, 0.25) is 0 Å². The Labute approximate surface area is 107 Å². The Bertz CT molecular complexity index is 619. The van der Waals surface area contributed by atoms with E-state index in [2.05, 4.69) is 10.3 Å². The van der Waals surface area contributed by atoms with Crippen LogP contribution in [0.25, 0.3) is 0 Å². The summed E-state index contributed by atoms with van der Waals surface area (Å²) in [5.74, 6) is -3.11. The van der Waals surface area contributed by atoms with Crippen LogP contribution < -0.4 is 15.8 Å². The summed E-state index contributed by atoms with van der Waals surface area (Å²) in [6.07, 6.45) is 0. The highest BCUT2D eigenvalue weighted by Gasteiger charge is 2.11. The lowest BCUT2D eigenvalue weighted by molar-refractivity contribution is 0.387. The van der Waals surface area contributed by atoms with Crippen LogP contribution in [0, 0.1) is 17.5 Å². The Balaban J connectivity index is 2.33. The molecule has 4 nitrogen and oxygen atoms in total. The molecule has 3 N–H and O–H groups in total. The molecule has 2 aromatic rings. The maximum Gasteiger partial charge on any atom is 0.169 e. The third-order valence-corrected chi connectivity index (χ3v) is 2.37. The van der Waals surface area contributed by atoms with Crippen LogP contribution in [0.3, 0.4) is 0 Å². The van der Waals surface area contributed by atoms with Gasteiger partial charge in [-0.25, -0.2) is 18.2 Å². The van der Waals surface area contributed by atoms with Crippen molar-refractivity contribution in [1.82, 2.24) is 4.98 Å². The van der Waals surface area contributed by atoms with E-state index in [9.17, 15) is 13.2 Å². The van der Waals surface area contributed by atoms with Crippen LogP contribution >= 0.6 is 0 Å². The van der Waals surface area contributed by atoms with Crippen LogP contribution in [0.4, 0.5) is 30.5 Å². The van der Waals surface area contributed by atoms with E-state index in [0.717, 1.165) is 6.07 Å². The van der Waals surface area contributed by atoms with Crippen molar-refractivity contribution in [2.75, 3.05) is 18.2 Å². The number of ether oxygens (including phenoxy) is 1. The van der Waals surface area contributed by atoms with Gasteiger partial charge in [0.05, 0.1) is 7.11 Å². The molecule has 0 saturated heterocycles. The van der Waals surface area contributed by atoms with Crippen molar-refractivity contribution in [3.05, 3.63) is 41.7 Å². The maximum atomic E-state index is 13.5. The summed E-state index contributed by atoms with van der Waals surface area (Å²) in [5, 5.41) is 2.56. The molecule has 1 aromatic carbocycles. The lowest BCUT2D eigenvalue weighted by Gasteiger charge is -2.09. The first-order valence-electron chi connectivity index (χ1n) is 5.23. The van der Waals surface area contributed by atoms with Gasteiger partial charge in [0, 0.05) is 17.8 Å². The van der Waals surface area contributed by atoms with Crippen molar-refractivity contribution in [3.8, 4) is 5.75 Å². The van der Waals surface area contributed by atoms with Crippen LogP contribution in [0.15, 0.2) is 24.3 Å². The van der Waals surface area contributed by atoms with Crippen LogP contribution in [0.5, 0.6) is 5.75 Å². The van der Waals surface area contributed by atoms with E-state index in [1.807, 2.05) is 0 Å². The third-order valence-electron chi connectivity index (χ3n) is 2.37. The van der Waals surface area contributed by atoms with E-state index >= 15 is 0 Å². The standard InChI is InChI=1S/C12H10F3N3O/c1-19-10-4-6(2-3-7(10)13)17-12-9(15)5-8(14)11(16)18-12/h2-5H,1H3,(H3,16,17,18). The second kappa shape index (κ2) is 5.05. The van der Waals surface area contributed by atoms with Crippen LogP contribution in [-0.2, 0) is 0 Å². The lowest BCUT2D eigenvalue weighted by atomic mass is 10.3. The van der Waals surface area contributed by atoms with Gasteiger partial charge < -0.3 is 15.8 Å². The number of nitrogens with two attached hydrogens (primary N) is 1. The predicted octanol–water partition coefficient (Wildman–Crippen LogP) is 2.83. The average Bonchev–Trinajstić information content (AvgIpc) is 2.38. The molecule has 0 radical (unpaired) electrons. The fourth-order valence-electron chi connectivity index (χ4n) is 1.44. The van der Waals surface area contributed by atoms with Gasteiger partial charge in [-0.15, -0.1) is 0 Å². The molecule has 19 heavy (non-hydrogen) atoms. The van der Waals surface area contributed by atoms with Crippen molar-refractivity contribution in [2.24, 2.45) is 0 Å². The van der Waals surface area contributed by atoms with Crippen LogP contribution in [0.1, 0.15) is 0 Å². The number of nitrogen functional groups attached to an aromatic ring is 1. The fraction of sp³-hybridized carbons (Fsp3) is 0.0833. The highest BCUT2D eigenvalue weighted by molar-refractivity contribution is 5.60. The number of pyridine rings is 1. The number of halogens is 3. The highest BCUT2D eigenvalue weighted by Crippen LogP contribution is 2.25. The van der Waals surface area contributed by atoms with E-state index in [0.29, 0.717) is 11.8 Å². The quantitative estimate of drug-likeness (QED) is 0.899. The summed E-state index contributed by atoms with van der Waals surface area (Å²) in [5.41, 5.74) is 5.58. The number of benzene rings is 1. The fourth-order valence-corrected chi connectivity index (χ4v) is 1.44. The van der Waals surface area contributed by atoms with E-state index < -0.39 is 23.3 Å². The van der Waals surface area contributed by atoms with Crippen molar-refractivity contribution < 1.29 is 17.9 Å². The molecule has 1 aromatic heterocycles. The Morgan fingerprint density at radius 3 is 2.53 bits per heavy atom. The first-order chi connectivity index (χ1) is 9.01. The number of methoxy groups -OCH3 is 1. The largest absolute Gasteiger partial charge is 0.494 e. The van der Waals surface area contributed by atoms with Crippen molar-refractivity contribution >= 4 is 17.3 Å². The number of hydrogen-bond donors (Lipinski definition) is 2. The minimum absolute atomic E-state index is 0.0134. The van der Waals surface area contributed by atoms with Gasteiger partial charge in [-0.3, -0.25) is 0 Å². The van der Waals surface area contributed by atoms with Gasteiger partial charge in [-0.05, 0) is 12.1 Å². The number of aromatic nitrogens is 1. The first-order valence-corrected chi connectivity index (χ1v) is 5.23. The normalized spacial score (nSPS) is 10.3. The van der Waals surface area contributed by atoms with E-state index in [1.165, 1.54) is 19.2 Å². The summed E-state index contributed by atoms with van der Waals surface area (Å²) >= 11 is 0. The van der Waals surface area contributed by atoms with Gasteiger partial charge in [-0.1, -0.05) is 0 Å². The van der Waals surface area contributed by atoms with Gasteiger partial charge in [0.1, 0.15) is 0 Å². The van der Waals surface area contributed by atoms with Crippen LogP contribution in [-0.4, -0.2) is 12.1 Å². The summed E-state index contributed by atoms with van der Waals surface area (Å²) in [4.78, 5) is 3.53. The average molecular weight is 269 g/mol. The summed E-state index contributed by atoms with van der Waals surface area (Å²) in [7, 11) is 1.30. The molecule has 1 heterocycles. The van der Waals surface area contributed by atoms with Crippen LogP contribution in [0.2, 0.25) is 0 Å². The van der Waals surface area contributed by atoms with E-state index in [1.54, 1.807) is 0 Å². The van der Waals surface area contributed by atoms with Crippen molar-refractivity contribution in [3.63, 3.8) is 0 Å². The summed E-state index contributed by atoms with van der Waals surface area (Å²) < 4.78 is 44.4. The molecule has 2 rings (SSSR count). The summed E-state index contributed by atoms with van der Waals surface area (Å²) in [6, 6.07) is 4.44. The Morgan fingerprint density at radius 1 is 1.11 bits per heavy atom. The molecule has 0 aliphatic carbocycles. The monoisotopic (exact) mass is 269 g/mol. The molecular weight excluding hydrogens is 259 g/mol. The number of hydrogen-bond acceptors (Lipinski definition) is 4. The molecule has 0 saturated carbocycles. The molecular formula is C12H10F3N3O. The zero-order chi connectivity index (χ0) is 14.0. The SMILES string of the molecule is COc1cc(Nc2nc(N)c(F)cc2F)ccc1F. The molecule has 0 amide bonds. The van der Waals surface area contributed by atoms with Crippen molar-refractivity contribution in [2.45, 2.75) is 0 Å². The highest BCUT2D eigenvalue weighted by atomic mass is 19.1. The smallest absolute Gasteiger partial charge is 0.169 e. The summed E-state index contributed by atoms with van der Waals surface area (Å²) in [6.45, 7) is 0. The Kier molecular flexibility index (Phi) is 3.46. The number of anilines is 3. The van der Waals surface area contributed by atoms with Crippen molar-refractivity contribution in [1.29, 1.82) is 0 Å². The molecule has 0 bridgehead atoms. The minimum atomic E-state index is -0.945. The van der Waals surface area contributed by atoms with Gasteiger partial charge in [0.25, 0.3) is 0 Å². The Hall–Kier alpha value is -2.44. The third kappa shape index (κ3) is 2.70. The Morgan fingerprint density at radius 2 is 1.84 bits per heavy atom. The molecule has 7 heteroatoms. The lowest BCUT2D eigenvalue weighted by Crippen LogP contribution is -2.03. The molecule has 100 valence electrons. The second-order valence-electron chi connectivity index (χ2n) is 3.66. The van der Waals surface area contributed by atoms with Gasteiger partial charge in [0.15, 0.2) is 34.8 Å². The van der Waals surface area contributed by atoms with E-state index in [4.69, 9.17) is 10.5 Å². The molecule has 0 fully saturated rings. The molecule has 0 unspecified atom stereocenters. The predicted molar refractivity (Wildman–Crippen MR) is 64.8 cm³/mol. The zero-order valence-corrected chi connectivity index (χ0v) is 9.88. The molecule has 0 atom stereocenters. The second-order valence-corrected chi connectivity index (χ2v) is 3.66.